The summed E-state index contributed by atoms with van der Waals surface area (Å²) >= 11 is 0. The van der Waals surface area contributed by atoms with Gasteiger partial charge in [0.05, 0.1) is 18.6 Å². The lowest BCUT2D eigenvalue weighted by Crippen LogP contribution is -2.49. The zero-order valence-corrected chi connectivity index (χ0v) is 31.1. The number of amides is 2. The summed E-state index contributed by atoms with van der Waals surface area (Å²) in [4.78, 5) is 50.3. The highest BCUT2D eigenvalue weighted by molar-refractivity contribution is 7.89. The lowest BCUT2D eigenvalue weighted by molar-refractivity contribution is -0.193. The van der Waals surface area contributed by atoms with Crippen LogP contribution in [0.15, 0.2) is 90.1 Å². The zero-order chi connectivity index (χ0) is 43.4. The molecule has 1 fully saturated rings. The summed E-state index contributed by atoms with van der Waals surface area (Å²) in [5, 5.41) is 26.2. The van der Waals surface area contributed by atoms with Gasteiger partial charge in [0.25, 0.3) is 0 Å². The van der Waals surface area contributed by atoms with Gasteiger partial charge in [0.1, 0.15) is 17.6 Å². The Morgan fingerprint density at radius 1 is 0.948 bits per heavy atom. The fourth-order valence-electron chi connectivity index (χ4n) is 5.28. The number of nitrogen functional groups attached to an aromatic ring is 1. The smallest absolute Gasteiger partial charge is 0.490 e. The van der Waals surface area contributed by atoms with Gasteiger partial charge in [-0.25, -0.2) is 18.0 Å². The average molecular weight is 843 g/mol. The van der Waals surface area contributed by atoms with E-state index in [1.165, 1.54) is 19.2 Å². The number of sulfonamides is 1. The Morgan fingerprint density at radius 2 is 1.57 bits per heavy atom. The molecule has 1 aromatic heterocycles. The molecule has 2 heterocycles. The van der Waals surface area contributed by atoms with Gasteiger partial charge in [0, 0.05) is 37.6 Å². The maximum absolute atomic E-state index is 14.2. The molecule has 312 valence electrons. The van der Waals surface area contributed by atoms with Crippen LogP contribution in [0.5, 0.6) is 5.75 Å². The van der Waals surface area contributed by atoms with Gasteiger partial charge in [0.15, 0.2) is 0 Å². The maximum atomic E-state index is 14.2. The number of ether oxygens (including phenoxy) is 1. The minimum atomic E-state index is -5.08. The monoisotopic (exact) mass is 842 g/mol. The molecule has 15 nitrogen and oxygen atoms in total. The molecule has 0 saturated carbocycles. The number of carbonyl (C=O) groups is 4. The lowest BCUT2D eigenvalue weighted by atomic mass is 10.1. The number of methoxy groups -OCH3 is 1. The highest BCUT2D eigenvalue weighted by Gasteiger charge is 2.43. The summed E-state index contributed by atoms with van der Waals surface area (Å²) < 4.78 is 98.1. The van der Waals surface area contributed by atoms with E-state index in [-0.39, 0.29) is 30.2 Å². The number of carboxylic acid groups (broad SMARTS) is 2. The van der Waals surface area contributed by atoms with E-state index in [1.807, 2.05) is 18.2 Å². The number of rotatable bonds is 12. The van der Waals surface area contributed by atoms with E-state index in [1.54, 1.807) is 59.8 Å². The zero-order valence-electron chi connectivity index (χ0n) is 30.3. The van der Waals surface area contributed by atoms with E-state index in [4.69, 9.17) is 35.7 Å². The third kappa shape index (κ3) is 13.1. The molecule has 58 heavy (non-hydrogen) atoms. The largest absolute Gasteiger partial charge is 0.497 e. The number of amidine groups is 1. The number of pyridine rings is 1. The number of halogens is 6. The Kier molecular flexibility index (Phi) is 15.7. The topological polar surface area (TPSA) is 233 Å². The van der Waals surface area contributed by atoms with Crippen LogP contribution < -0.4 is 15.8 Å². The molecule has 6 N–H and O–H groups in total. The number of nitrogens with zero attached hydrogens (tertiary/aromatic N) is 3. The van der Waals surface area contributed by atoms with Crippen LogP contribution in [0.2, 0.25) is 0 Å². The summed E-state index contributed by atoms with van der Waals surface area (Å²) in [6, 6.07) is 19.7. The van der Waals surface area contributed by atoms with Crippen LogP contribution in [0.4, 0.5) is 26.3 Å². The molecule has 0 spiro atoms. The molecular formula is C36H36F6N6O9S. The van der Waals surface area contributed by atoms with Crippen LogP contribution in [0.25, 0.3) is 10.8 Å². The summed E-state index contributed by atoms with van der Waals surface area (Å²) in [7, 11) is -2.75. The number of alkyl halides is 6. The third-order valence-electron chi connectivity index (χ3n) is 8.10. The van der Waals surface area contributed by atoms with Gasteiger partial charge in [-0.1, -0.05) is 36.4 Å². The van der Waals surface area contributed by atoms with Crippen LogP contribution in [0.1, 0.15) is 23.1 Å². The van der Waals surface area contributed by atoms with E-state index in [2.05, 4.69) is 10.3 Å². The van der Waals surface area contributed by atoms with Gasteiger partial charge < -0.3 is 30.9 Å². The Morgan fingerprint density at radius 3 is 2.14 bits per heavy atom. The van der Waals surface area contributed by atoms with Crippen molar-refractivity contribution in [1.82, 2.24) is 19.5 Å². The number of carboxylic acids is 2. The quantitative estimate of drug-likeness (QED) is 0.0779. The number of benzene rings is 3. The number of nitrogens with two attached hydrogens (primary N) is 1. The number of aromatic nitrogens is 1. The van der Waals surface area contributed by atoms with Crippen LogP contribution in [0, 0.1) is 5.41 Å². The summed E-state index contributed by atoms with van der Waals surface area (Å²) in [6.07, 6.45) is -6.06. The summed E-state index contributed by atoms with van der Waals surface area (Å²) in [5.74, 6) is -5.93. The van der Waals surface area contributed by atoms with Crippen LogP contribution in [0.3, 0.4) is 0 Å². The third-order valence-corrected chi connectivity index (χ3v) is 9.95. The SMILES string of the molecule is COc1ccc2ccc(S(=O)(=O)N(CC(=O)NCCc3cccnc3)[C@H]3CCN(Cc4cccc(C(=N)N)c4)C3=O)cc2c1.O=C(O)C(F)(F)F.O=C(O)C(F)(F)F. The Bertz CT molecular complexity index is 2200. The second kappa shape index (κ2) is 19.7. The predicted octanol–water partition coefficient (Wildman–Crippen LogP) is 3.94. The number of hydrogen-bond acceptors (Lipinski definition) is 9. The van der Waals surface area contributed by atoms with Gasteiger partial charge in [-0.05, 0) is 71.1 Å². The molecule has 1 atom stereocenters. The second-order valence-electron chi connectivity index (χ2n) is 12.2. The van der Waals surface area contributed by atoms with Gasteiger partial charge >= 0.3 is 24.3 Å². The summed E-state index contributed by atoms with van der Waals surface area (Å²) in [6.45, 7) is 0.287. The molecule has 5 rings (SSSR count). The fourth-order valence-corrected chi connectivity index (χ4v) is 6.89. The first-order valence-corrected chi connectivity index (χ1v) is 18.1. The van der Waals surface area contributed by atoms with Crippen LogP contribution in [-0.4, -0.2) is 108 Å². The van der Waals surface area contributed by atoms with Crippen molar-refractivity contribution in [3.63, 3.8) is 0 Å². The molecule has 4 aromatic rings. The van der Waals surface area contributed by atoms with Crippen molar-refractivity contribution in [2.45, 2.75) is 42.7 Å². The molecule has 22 heteroatoms. The Balaban J connectivity index is 0.000000550. The molecule has 1 saturated heterocycles. The lowest BCUT2D eigenvalue weighted by Gasteiger charge is -2.27. The fraction of sp³-hybridized carbons (Fsp3) is 0.278. The van der Waals surface area contributed by atoms with E-state index in [9.17, 15) is 44.3 Å². The highest BCUT2D eigenvalue weighted by Crippen LogP contribution is 2.29. The first-order chi connectivity index (χ1) is 27.0. The van der Waals surface area contributed by atoms with Crippen LogP contribution in [-0.2, 0) is 42.2 Å². The van der Waals surface area contributed by atoms with Crippen molar-refractivity contribution in [2.24, 2.45) is 5.73 Å². The predicted molar refractivity (Wildman–Crippen MR) is 194 cm³/mol. The molecule has 0 unspecified atom stereocenters. The van der Waals surface area contributed by atoms with Crippen molar-refractivity contribution in [3.05, 3.63) is 102 Å². The first-order valence-electron chi connectivity index (χ1n) is 16.6. The van der Waals surface area contributed by atoms with Crippen molar-refractivity contribution in [3.8, 4) is 5.75 Å². The average Bonchev–Trinajstić information content (AvgIpc) is 3.51. The number of likely N-dealkylation sites (tertiary alicyclic amines) is 1. The molecular weight excluding hydrogens is 806 g/mol. The molecule has 0 radical (unpaired) electrons. The molecule has 1 aliphatic rings. The number of carbonyl (C=O) groups excluding carboxylic acids is 2. The van der Waals surface area contributed by atoms with Gasteiger partial charge in [-0.15, -0.1) is 0 Å². The van der Waals surface area contributed by atoms with E-state index in [0.717, 1.165) is 20.8 Å². The number of hydrogen-bond donors (Lipinski definition) is 5. The number of aliphatic carboxylic acids is 2. The highest BCUT2D eigenvalue weighted by atomic mass is 32.2. The van der Waals surface area contributed by atoms with Gasteiger partial charge in [-0.3, -0.25) is 20.0 Å². The van der Waals surface area contributed by atoms with Crippen molar-refractivity contribution >= 4 is 50.4 Å². The minimum Gasteiger partial charge on any atom is -0.497 e. The normalized spacial score (nSPS) is 14.2. The van der Waals surface area contributed by atoms with Gasteiger partial charge in [-0.2, -0.15) is 30.6 Å². The second-order valence-corrected chi connectivity index (χ2v) is 14.1. The Labute approximate surface area is 326 Å². The van der Waals surface area contributed by atoms with Crippen molar-refractivity contribution in [1.29, 1.82) is 5.41 Å². The van der Waals surface area contributed by atoms with Crippen LogP contribution >= 0.6 is 0 Å². The summed E-state index contributed by atoms with van der Waals surface area (Å²) in [5.41, 5.74) is 7.85. The van der Waals surface area contributed by atoms with E-state index in [0.29, 0.717) is 29.7 Å². The van der Waals surface area contributed by atoms with E-state index >= 15 is 0 Å². The first kappa shape index (κ1) is 46.1. The van der Waals surface area contributed by atoms with Crippen molar-refractivity contribution < 1.29 is 68.9 Å². The Hall–Kier alpha value is -6.29. The molecule has 2 amide bonds. The molecule has 1 aliphatic heterocycles. The molecule has 0 bridgehead atoms. The minimum absolute atomic E-state index is 0.0261. The molecule has 3 aromatic carbocycles. The molecule has 0 aliphatic carbocycles. The number of nitrogens with one attached hydrogen (secondary N) is 2. The van der Waals surface area contributed by atoms with Gasteiger partial charge in [0.2, 0.25) is 21.8 Å². The number of fused-ring (bicyclic) bond motifs is 1. The van der Waals surface area contributed by atoms with E-state index < -0.39 is 58.7 Å². The van der Waals surface area contributed by atoms with Crippen molar-refractivity contribution in [2.75, 3.05) is 26.7 Å². The standard InChI is InChI=1S/C32H34N6O5S.2C2HF3O2/c1-43-27-9-7-24-8-10-28(18-26(24)17-27)44(41,42)38(21-30(39)36-14-11-22-5-3-13-35-19-22)29-12-15-37(32(29)40)20-23-4-2-6-25(16-23)31(33)34;2*3-2(4,5)1(6)7/h2-10,13,16-19,29H,11-12,14-15,20-21H2,1H3,(H3,33,34)(H,36,39);2*(H,6,7)/t29-;;/m0../s1. The maximum Gasteiger partial charge on any atom is 0.490 e.